The van der Waals surface area contributed by atoms with Crippen LogP contribution in [0.5, 0.6) is 0 Å². The first-order valence-electron chi connectivity index (χ1n) is 5.47. The van der Waals surface area contributed by atoms with Crippen molar-refractivity contribution in [3.8, 4) is 6.07 Å². The Labute approximate surface area is 95.1 Å². The van der Waals surface area contributed by atoms with E-state index in [4.69, 9.17) is 0 Å². The van der Waals surface area contributed by atoms with Crippen LogP contribution >= 0.6 is 11.3 Å². The van der Waals surface area contributed by atoms with E-state index in [0.717, 1.165) is 13.1 Å². The number of hydrogen-bond donors (Lipinski definition) is 0. The third-order valence-electron chi connectivity index (χ3n) is 3.21. The van der Waals surface area contributed by atoms with Gasteiger partial charge in [-0.3, -0.25) is 4.90 Å². The molecule has 0 N–H and O–H groups in total. The van der Waals surface area contributed by atoms with Gasteiger partial charge < -0.3 is 0 Å². The van der Waals surface area contributed by atoms with Crippen LogP contribution in [0.25, 0.3) is 0 Å². The van der Waals surface area contributed by atoms with E-state index in [-0.39, 0.29) is 0 Å². The van der Waals surface area contributed by atoms with E-state index in [9.17, 15) is 5.26 Å². The lowest BCUT2D eigenvalue weighted by Crippen LogP contribution is -2.45. The smallest absolute Gasteiger partial charge is 0.141 e. The molecule has 2 nitrogen and oxygen atoms in total. The third kappa shape index (κ3) is 1.92. The Morgan fingerprint density at radius 2 is 2.13 bits per heavy atom. The molecule has 1 aliphatic rings. The average molecular weight is 220 g/mol. The second-order valence-electron chi connectivity index (χ2n) is 4.21. The van der Waals surface area contributed by atoms with Crippen molar-refractivity contribution >= 4 is 11.3 Å². The molecule has 1 atom stereocenters. The number of nitriles is 1. The van der Waals surface area contributed by atoms with Gasteiger partial charge in [-0.1, -0.05) is 12.5 Å². The lowest BCUT2D eigenvalue weighted by atomic mass is 9.96. The largest absolute Gasteiger partial charge is 0.281 e. The molecule has 3 heteroatoms. The number of nitrogens with zero attached hydrogens (tertiary/aromatic N) is 2. The zero-order valence-electron chi connectivity index (χ0n) is 9.07. The summed E-state index contributed by atoms with van der Waals surface area (Å²) in [5.41, 5.74) is -0.408. The topological polar surface area (TPSA) is 27.0 Å². The predicted octanol–water partition coefficient (Wildman–Crippen LogP) is 2.97. The molecule has 0 amide bonds. The van der Waals surface area contributed by atoms with E-state index in [1.807, 2.05) is 13.0 Å². The van der Waals surface area contributed by atoms with Crippen molar-refractivity contribution in [3.05, 3.63) is 22.4 Å². The van der Waals surface area contributed by atoms with Gasteiger partial charge in [0.2, 0.25) is 0 Å². The lowest BCUT2D eigenvalue weighted by molar-refractivity contribution is 0.126. The molecular weight excluding hydrogens is 204 g/mol. The minimum atomic E-state index is -0.408. The summed E-state index contributed by atoms with van der Waals surface area (Å²) in [4.78, 5) is 3.49. The van der Waals surface area contributed by atoms with Gasteiger partial charge in [0.05, 0.1) is 6.07 Å². The first kappa shape index (κ1) is 10.7. The summed E-state index contributed by atoms with van der Waals surface area (Å²) in [6.07, 6.45) is 3.76. The fourth-order valence-corrected chi connectivity index (χ4v) is 3.04. The van der Waals surface area contributed by atoms with E-state index in [0.29, 0.717) is 0 Å². The van der Waals surface area contributed by atoms with Crippen LogP contribution in [-0.4, -0.2) is 18.0 Å². The quantitative estimate of drug-likeness (QED) is 0.766. The van der Waals surface area contributed by atoms with E-state index in [2.05, 4.69) is 22.4 Å². The van der Waals surface area contributed by atoms with Crippen LogP contribution in [0.2, 0.25) is 0 Å². The van der Waals surface area contributed by atoms with Gasteiger partial charge in [-0.25, -0.2) is 0 Å². The molecule has 0 aromatic carbocycles. The number of likely N-dealkylation sites (tertiary alicyclic amines) is 1. The second kappa shape index (κ2) is 4.34. The first-order chi connectivity index (χ1) is 7.27. The minimum absolute atomic E-state index is 0.408. The zero-order valence-corrected chi connectivity index (χ0v) is 9.89. The molecule has 1 saturated heterocycles. The van der Waals surface area contributed by atoms with Gasteiger partial charge in [-0.15, -0.1) is 11.3 Å². The molecule has 2 heterocycles. The van der Waals surface area contributed by atoms with Crippen molar-refractivity contribution in [2.75, 3.05) is 13.1 Å². The molecule has 2 rings (SSSR count). The van der Waals surface area contributed by atoms with Gasteiger partial charge in [-0.05, 0) is 44.3 Å². The highest BCUT2D eigenvalue weighted by atomic mass is 32.1. The minimum Gasteiger partial charge on any atom is -0.281 e. The van der Waals surface area contributed by atoms with Gasteiger partial charge >= 0.3 is 0 Å². The van der Waals surface area contributed by atoms with Crippen molar-refractivity contribution in [2.45, 2.75) is 31.7 Å². The molecule has 0 aliphatic carbocycles. The summed E-state index contributed by atoms with van der Waals surface area (Å²) < 4.78 is 0. The van der Waals surface area contributed by atoms with Crippen LogP contribution in [0.4, 0.5) is 0 Å². The average Bonchev–Trinajstić information content (AvgIpc) is 2.83. The van der Waals surface area contributed by atoms with Crippen molar-refractivity contribution in [1.82, 2.24) is 4.90 Å². The van der Waals surface area contributed by atoms with E-state index >= 15 is 0 Å². The molecule has 1 aromatic rings. The first-order valence-corrected chi connectivity index (χ1v) is 6.35. The summed E-state index contributed by atoms with van der Waals surface area (Å²) in [6, 6.07) is 6.59. The number of hydrogen-bond acceptors (Lipinski definition) is 3. The van der Waals surface area contributed by atoms with Gasteiger partial charge in [-0.2, -0.15) is 5.26 Å². The zero-order chi connectivity index (χ0) is 10.7. The highest BCUT2D eigenvalue weighted by Crippen LogP contribution is 2.33. The number of rotatable bonds is 2. The molecule has 0 saturated carbocycles. The number of piperidine rings is 1. The Bertz CT molecular complexity index is 346. The highest BCUT2D eigenvalue weighted by molar-refractivity contribution is 7.10. The Kier molecular flexibility index (Phi) is 3.08. The standard InChI is InChI=1S/C12H16N2S/c1-12(10-13,11-6-5-9-15-11)14-7-3-2-4-8-14/h5-6,9H,2-4,7-8H2,1H3. The number of thiophene rings is 1. The van der Waals surface area contributed by atoms with E-state index in [1.165, 1.54) is 24.1 Å². The van der Waals surface area contributed by atoms with Crippen LogP contribution in [0.3, 0.4) is 0 Å². The van der Waals surface area contributed by atoms with Crippen molar-refractivity contribution in [1.29, 1.82) is 5.26 Å². The summed E-state index contributed by atoms with van der Waals surface area (Å²) in [6.45, 7) is 4.16. The normalized spacial score (nSPS) is 21.9. The fraction of sp³-hybridized carbons (Fsp3) is 0.583. The van der Waals surface area contributed by atoms with E-state index < -0.39 is 5.54 Å². The van der Waals surface area contributed by atoms with Crippen LogP contribution in [-0.2, 0) is 5.54 Å². The predicted molar refractivity (Wildman–Crippen MR) is 62.7 cm³/mol. The molecule has 1 aromatic heterocycles. The van der Waals surface area contributed by atoms with Crippen LogP contribution in [0.15, 0.2) is 17.5 Å². The van der Waals surface area contributed by atoms with Crippen LogP contribution in [0, 0.1) is 11.3 Å². The van der Waals surface area contributed by atoms with E-state index in [1.54, 1.807) is 11.3 Å². The van der Waals surface area contributed by atoms with Gasteiger partial charge in [0.15, 0.2) is 0 Å². The van der Waals surface area contributed by atoms with Crippen LogP contribution in [0.1, 0.15) is 31.1 Å². The molecule has 80 valence electrons. The molecule has 15 heavy (non-hydrogen) atoms. The molecular formula is C12H16N2S. The Morgan fingerprint density at radius 3 is 2.67 bits per heavy atom. The summed E-state index contributed by atoms with van der Waals surface area (Å²) in [7, 11) is 0. The second-order valence-corrected chi connectivity index (χ2v) is 5.16. The summed E-state index contributed by atoms with van der Waals surface area (Å²) >= 11 is 1.68. The van der Waals surface area contributed by atoms with Gasteiger partial charge in [0.1, 0.15) is 5.54 Å². The highest BCUT2D eigenvalue weighted by Gasteiger charge is 2.35. The molecule has 0 bridgehead atoms. The van der Waals surface area contributed by atoms with Gasteiger partial charge in [0, 0.05) is 4.88 Å². The Hall–Kier alpha value is -0.850. The van der Waals surface area contributed by atoms with Crippen molar-refractivity contribution < 1.29 is 0 Å². The molecule has 0 radical (unpaired) electrons. The van der Waals surface area contributed by atoms with Crippen LogP contribution < -0.4 is 0 Å². The third-order valence-corrected chi connectivity index (χ3v) is 4.29. The lowest BCUT2D eigenvalue weighted by Gasteiger charge is -2.37. The maximum Gasteiger partial charge on any atom is 0.141 e. The summed E-state index contributed by atoms with van der Waals surface area (Å²) in [5.74, 6) is 0. The molecule has 1 aliphatic heterocycles. The SMILES string of the molecule is CC(C#N)(c1cccs1)N1CCCCC1. The molecule has 1 fully saturated rings. The maximum absolute atomic E-state index is 9.42. The molecule has 1 unspecified atom stereocenters. The monoisotopic (exact) mass is 220 g/mol. The van der Waals surface area contributed by atoms with Crippen molar-refractivity contribution in [3.63, 3.8) is 0 Å². The Morgan fingerprint density at radius 1 is 1.40 bits per heavy atom. The van der Waals surface area contributed by atoms with Gasteiger partial charge in [0.25, 0.3) is 0 Å². The van der Waals surface area contributed by atoms with Crippen molar-refractivity contribution in [2.24, 2.45) is 0 Å². The molecule has 0 spiro atoms. The Balaban J connectivity index is 2.25. The maximum atomic E-state index is 9.42. The fourth-order valence-electron chi connectivity index (χ4n) is 2.18. The summed E-state index contributed by atoms with van der Waals surface area (Å²) in [5, 5.41) is 11.5.